The van der Waals surface area contributed by atoms with Gasteiger partial charge in [-0.1, -0.05) is 13.8 Å². The summed E-state index contributed by atoms with van der Waals surface area (Å²) in [5.41, 5.74) is 2.72. The number of nitrogens with zero attached hydrogens (tertiary/aromatic N) is 6. The minimum Gasteiger partial charge on any atom is -0.342 e. The van der Waals surface area contributed by atoms with Crippen LogP contribution in [0.1, 0.15) is 44.7 Å². The summed E-state index contributed by atoms with van der Waals surface area (Å²) in [5.74, 6) is 0.677. The summed E-state index contributed by atoms with van der Waals surface area (Å²) < 4.78 is 1.96. The second kappa shape index (κ2) is 8.12. The number of hydrogen-bond acceptors (Lipinski definition) is 5. The van der Waals surface area contributed by atoms with Gasteiger partial charge in [-0.25, -0.2) is 14.6 Å². The van der Waals surface area contributed by atoms with E-state index in [-0.39, 0.29) is 11.8 Å². The average molecular weight is 358 g/mol. The predicted octanol–water partition coefficient (Wildman–Crippen LogP) is 2.14. The maximum absolute atomic E-state index is 12.7. The molecular weight excluding hydrogens is 328 g/mol. The number of likely N-dealkylation sites (tertiary alicyclic amines) is 1. The van der Waals surface area contributed by atoms with E-state index in [9.17, 15) is 4.79 Å². The van der Waals surface area contributed by atoms with Crippen molar-refractivity contribution < 1.29 is 4.79 Å². The summed E-state index contributed by atoms with van der Waals surface area (Å²) in [4.78, 5) is 25.9. The van der Waals surface area contributed by atoms with E-state index in [2.05, 4.69) is 42.8 Å². The van der Waals surface area contributed by atoms with Gasteiger partial charge in [0.1, 0.15) is 5.52 Å². The lowest BCUT2D eigenvalue weighted by Crippen LogP contribution is -2.33. The molecule has 2 aromatic heterocycles. The third kappa shape index (κ3) is 3.72. The summed E-state index contributed by atoms with van der Waals surface area (Å²) in [7, 11) is 4.10. The van der Waals surface area contributed by atoms with E-state index < -0.39 is 0 Å². The van der Waals surface area contributed by atoms with Crippen molar-refractivity contribution in [3.05, 3.63) is 18.1 Å². The summed E-state index contributed by atoms with van der Waals surface area (Å²) in [5, 5.41) is 4.85. The Kier molecular flexibility index (Phi) is 5.86. The molecule has 2 aromatic rings. The van der Waals surface area contributed by atoms with Gasteiger partial charge < -0.3 is 9.80 Å². The number of likely N-dealkylation sites (N-methyl/N-ethyl adjacent to an activating group) is 1. The average Bonchev–Trinajstić information content (AvgIpc) is 3.26. The first kappa shape index (κ1) is 18.8. The van der Waals surface area contributed by atoms with Gasteiger partial charge in [-0.3, -0.25) is 4.79 Å². The number of amides is 1. The van der Waals surface area contributed by atoms with Crippen molar-refractivity contribution >= 4 is 17.1 Å². The number of carbonyl (C=O) groups is 1. The summed E-state index contributed by atoms with van der Waals surface area (Å²) in [6.45, 7) is 7.42. The van der Waals surface area contributed by atoms with Crippen LogP contribution in [-0.2, 0) is 11.3 Å². The molecule has 1 saturated heterocycles. The first-order valence-electron chi connectivity index (χ1n) is 9.66. The van der Waals surface area contributed by atoms with Gasteiger partial charge in [0.15, 0.2) is 5.65 Å². The van der Waals surface area contributed by atoms with Gasteiger partial charge in [0.05, 0.1) is 12.2 Å². The van der Waals surface area contributed by atoms with E-state index in [0.29, 0.717) is 5.91 Å². The quantitative estimate of drug-likeness (QED) is 0.759. The molecular formula is C19H30N6O. The van der Waals surface area contributed by atoms with Gasteiger partial charge in [0, 0.05) is 43.9 Å². The predicted molar refractivity (Wildman–Crippen MR) is 102 cm³/mol. The molecule has 0 unspecified atom stereocenters. The molecule has 0 bridgehead atoms. The molecule has 0 N–H and O–H groups in total. The number of hydrogen-bond donors (Lipinski definition) is 0. The SMILES string of the molecule is CCC(CC)C(=O)N1CC[C@H](c2nn(CCN(C)C)c3nccnc23)C1. The number of aromatic nitrogens is 4. The molecule has 1 atom stereocenters. The van der Waals surface area contributed by atoms with Gasteiger partial charge in [-0.2, -0.15) is 5.10 Å². The highest BCUT2D eigenvalue weighted by Crippen LogP contribution is 2.31. The maximum Gasteiger partial charge on any atom is 0.225 e. The van der Waals surface area contributed by atoms with Crippen LogP contribution in [0.2, 0.25) is 0 Å². The van der Waals surface area contributed by atoms with Crippen molar-refractivity contribution in [3.8, 4) is 0 Å². The highest BCUT2D eigenvalue weighted by Gasteiger charge is 2.33. The van der Waals surface area contributed by atoms with Crippen molar-refractivity contribution in [2.24, 2.45) is 5.92 Å². The van der Waals surface area contributed by atoms with Crippen molar-refractivity contribution in [1.29, 1.82) is 0 Å². The standard InChI is InChI=1S/C19H30N6O/c1-5-14(6-2)19(26)24-10-7-15(13-24)16-17-18(21-9-8-20-17)25(22-16)12-11-23(3)4/h8-9,14-15H,5-7,10-13H2,1-4H3/t15-/m0/s1. The molecule has 7 nitrogen and oxygen atoms in total. The van der Waals surface area contributed by atoms with Gasteiger partial charge >= 0.3 is 0 Å². The largest absolute Gasteiger partial charge is 0.342 e. The first-order chi connectivity index (χ1) is 12.5. The van der Waals surface area contributed by atoms with Crippen molar-refractivity contribution in [2.45, 2.75) is 45.6 Å². The van der Waals surface area contributed by atoms with Gasteiger partial charge in [0.25, 0.3) is 0 Å². The number of carbonyl (C=O) groups excluding carboxylic acids is 1. The summed E-state index contributed by atoms with van der Waals surface area (Å²) >= 11 is 0. The van der Waals surface area contributed by atoms with Crippen molar-refractivity contribution in [2.75, 3.05) is 33.7 Å². The summed E-state index contributed by atoms with van der Waals surface area (Å²) in [6, 6.07) is 0. The van der Waals surface area contributed by atoms with Crippen LogP contribution in [0.15, 0.2) is 12.4 Å². The third-order valence-corrected chi connectivity index (χ3v) is 5.37. The van der Waals surface area contributed by atoms with Crippen LogP contribution in [0.4, 0.5) is 0 Å². The second-order valence-corrected chi connectivity index (χ2v) is 7.42. The fraction of sp³-hybridized carbons (Fsp3) is 0.684. The highest BCUT2D eigenvalue weighted by atomic mass is 16.2. The topological polar surface area (TPSA) is 67.2 Å². The van der Waals surface area contributed by atoms with Gasteiger partial charge in [-0.15, -0.1) is 0 Å². The summed E-state index contributed by atoms with van der Waals surface area (Å²) in [6.07, 6.45) is 6.21. The zero-order valence-corrected chi connectivity index (χ0v) is 16.4. The van der Waals surface area contributed by atoms with E-state index in [1.807, 2.05) is 9.58 Å². The van der Waals surface area contributed by atoms with Crippen LogP contribution in [0.5, 0.6) is 0 Å². The van der Waals surface area contributed by atoms with E-state index >= 15 is 0 Å². The lowest BCUT2D eigenvalue weighted by molar-refractivity contribution is -0.134. The molecule has 3 rings (SSSR count). The molecule has 0 spiro atoms. The second-order valence-electron chi connectivity index (χ2n) is 7.42. The Morgan fingerprint density at radius 3 is 2.69 bits per heavy atom. The monoisotopic (exact) mass is 358 g/mol. The van der Waals surface area contributed by atoms with Crippen LogP contribution in [0.25, 0.3) is 11.2 Å². The van der Waals surface area contributed by atoms with Crippen molar-refractivity contribution in [3.63, 3.8) is 0 Å². The Morgan fingerprint density at radius 1 is 1.27 bits per heavy atom. The van der Waals surface area contributed by atoms with Crippen LogP contribution >= 0.6 is 0 Å². The van der Waals surface area contributed by atoms with Crippen LogP contribution in [-0.4, -0.2) is 69.2 Å². The molecule has 3 heterocycles. The molecule has 1 amide bonds. The van der Waals surface area contributed by atoms with Crippen molar-refractivity contribution in [1.82, 2.24) is 29.5 Å². The molecule has 0 aromatic carbocycles. The lowest BCUT2D eigenvalue weighted by Gasteiger charge is -2.21. The molecule has 0 saturated carbocycles. The highest BCUT2D eigenvalue weighted by molar-refractivity contribution is 5.79. The number of fused-ring (bicyclic) bond motifs is 1. The Labute approximate surface area is 155 Å². The maximum atomic E-state index is 12.7. The van der Waals surface area contributed by atoms with E-state index in [0.717, 1.165) is 62.3 Å². The molecule has 0 aliphatic carbocycles. The van der Waals surface area contributed by atoms with E-state index in [1.54, 1.807) is 12.4 Å². The van der Waals surface area contributed by atoms with Crippen LogP contribution in [0, 0.1) is 5.92 Å². The van der Waals surface area contributed by atoms with Gasteiger partial charge in [-0.05, 0) is 33.4 Å². The van der Waals surface area contributed by atoms with Crippen LogP contribution < -0.4 is 0 Å². The molecule has 1 fully saturated rings. The normalized spacial score (nSPS) is 17.8. The Balaban J connectivity index is 1.81. The zero-order chi connectivity index (χ0) is 18.7. The van der Waals surface area contributed by atoms with Gasteiger partial charge in [0.2, 0.25) is 5.91 Å². The molecule has 0 radical (unpaired) electrons. The minimum absolute atomic E-state index is 0.142. The molecule has 1 aliphatic rings. The molecule has 7 heteroatoms. The zero-order valence-electron chi connectivity index (χ0n) is 16.4. The molecule has 1 aliphatic heterocycles. The fourth-order valence-corrected chi connectivity index (χ4v) is 3.73. The lowest BCUT2D eigenvalue weighted by atomic mass is 10.0. The number of rotatable bonds is 7. The molecule has 26 heavy (non-hydrogen) atoms. The first-order valence-corrected chi connectivity index (χ1v) is 9.66. The van der Waals surface area contributed by atoms with Crippen LogP contribution in [0.3, 0.4) is 0 Å². The fourth-order valence-electron chi connectivity index (χ4n) is 3.73. The Hall–Kier alpha value is -2.02. The van der Waals surface area contributed by atoms with E-state index in [4.69, 9.17) is 5.10 Å². The Morgan fingerprint density at radius 2 is 2.00 bits per heavy atom. The third-order valence-electron chi connectivity index (χ3n) is 5.37. The molecule has 142 valence electrons. The smallest absolute Gasteiger partial charge is 0.225 e. The minimum atomic E-state index is 0.142. The Bertz CT molecular complexity index is 752. The van der Waals surface area contributed by atoms with E-state index in [1.165, 1.54) is 0 Å².